The van der Waals surface area contributed by atoms with Gasteiger partial charge in [-0.2, -0.15) is 16.7 Å². The smallest absolute Gasteiger partial charge is 0.265 e. The number of anilines is 2. The molecule has 0 radical (unpaired) electrons. The summed E-state index contributed by atoms with van der Waals surface area (Å²) in [6.07, 6.45) is 1.47. The van der Waals surface area contributed by atoms with Gasteiger partial charge in [0.05, 0.1) is 5.75 Å². The number of para-hydroxylation sites is 1. The number of hydrogen-bond acceptors (Lipinski definition) is 6. The minimum Gasteiger partial charge on any atom is -0.344 e. The number of fused-ring (bicyclic) bond motifs is 1. The van der Waals surface area contributed by atoms with Gasteiger partial charge in [0.1, 0.15) is 0 Å². The first-order chi connectivity index (χ1) is 11.1. The number of benzene rings is 1. The second kappa shape index (κ2) is 7.04. The van der Waals surface area contributed by atoms with E-state index in [-0.39, 0.29) is 5.91 Å². The van der Waals surface area contributed by atoms with E-state index in [2.05, 4.69) is 16.2 Å². The Kier molecular flexibility index (Phi) is 4.85. The summed E-state index contributed by atoms with van der Waals surface area (Å²) in [5, 5.41) is 3.87. The Hall–Kier alpha value is -2.02. The van der Waals surface area contributed by atoms with E-state index in [4.69, 9.17) is 4.52 Å². The quantitative estimate of drug-likeness (QED) is 0.757. The van der Waals surface area contributed by atoms with Crippen molar-refractivity contribution in [1.82, 2.24) is 10.1 Å². The lowest BCUT2D eigenvalue weighted by atomic mass is 10.2. The maximum Gasteiger partial charge on any atom is 0.265 e. The Morgan fingerprint density at radius 2 is 2.22 bits per heavy atom. The average Bonchev–Trinajstić information content (AvgIpc) is 3.18. The summed E-state index contributed by atoms with van der Waals surface area (Å²) in [4.78, 5) is 20.3. The number of carbonyl (C=O) groups excluding carboxylic acids is 1. The standard InChI is InChI=1S/C16H20N4O2S/c1-19(2)16-17-14(22-18-16)11-23-10-8-15(21)20-9-7-12-5-3-4-6-13(12)20/h3-6H,7-11H2,1-2H3. The van der Waals surface area contributed by atoms with E-state index < -0.39 is 0 Å². The van der Waals surface area contributed by atoms with Crippen LogP contribution in [-0.4, -0.2) is 42.4 Å². The Morgan fingerprint density at radius 1 is 1.39 bits per heavy atom. The van der Waals surface area contributed by atoms with Crippen molar-refractivity contribution in [3.63, 3.8) is 0 Å². The van der Waals surface area contributed by atoms with Gasteiger partial charge in [-0.05, 0) is 23.2 Å². The van der Waals surface area contributed by atoms with Gasteiger partial charge in [0, 0.05) is 38.5 Å². The molecule has 6 nitrogen and oxygen atoms in total. The topological polar surface area (TPSA) is 62.5 Å². The predicted molar refractivity (Wildman–Crippen MR) is 91.9 cm³/mol. The second-order valence-electron chi connectivity index (χ2n) is 5.61. The number of amides is 1. The van der Waals surface area contributed by atoms with E-state index in [0.29, 0.717) is 24.0 Å². The van der Waals surface area contributed by atoms with Crippen molar-refractivity contribution < 1.29 is 9.32 Å². The normalized spacial score (nSPS) is 13.2. The number of carbonyl (C=O) groups is 1. The van der Waals surface area contributed by atoms with E-state index in [9.17, 15) is 4.79 Å². The average molecular weight is 332 g/mol. The van der Waals surface area contributed by atoms with Crippen LogP contribution in [0.15, 0.2) is 28.8 Å². The van der Waals surface area contributed by atoms with Crippen molar-refractivity contribution in [1.29, 1.82) is 0 Å². The van der Waals surface area contributed by atoms with E-state index in [1.165, 1.54) is 5.56 Å². The largest absolute Gasteiger partial charge is 0.344 e. The zero-order valence-electron chi connectivity index (χ0n) is 13.4. The summed E-state index contributed by atoms with van der Waals surface area (Å²) in [7, 11) is 3.74. The molecule has 0 unspecified atom stereocenters. The summed E-state index contributed by atoms with van der Waals surface area (Å²) >= 11 is 1.64. The molecule has 2 heterocycles. The van der Waals surface area contributed by atoms with Crippen LogP contribution in [0.25, 0.3) is 0 Å². The Balaban J connectivity index is 1.45. The molecule has 0 bridgehead atoms. The van der Waals surface area contributed by atoms with Crippen LogP contribution in [0.4, 0.5) is 11.6 Å². The first kappa shape index (κ1) is 15.9. The molecule has 1 aliphatic rings. The van der Waals surface area contributed by atoms with Crippen LogP contribution in [0.5, 0.6) is 0 Å². The van der Waals surface area contributed by atoms with Gasteiger partial charge in [-0.25, -0.2) is 0 Å². The van der Waals surface area contributed by atoms with E-state index in [1.54, 1.807) is 16.7 Å². The summed E-state index contributed by atoms with van der Waals surface area (Å²) in [5.74, 6) is 2.73. The Bertz CT molecular complexity index is 686. The molecule has 1 aromatic carbocycles. The van der Waals surface area contributed by atoms with Gasteiger partial charge in [0.15, 0.2) is 0 Å². The molecular formula is C16H20N4O2S. The molecule has 3 rings (SSSR count). The molecule has 1 aliphatic heterocycles. The maximum atomic E-state index is 12.4. The van der Waals surface area contributed by atoms with Crippen molar-refractivity contribution >= 4 is 29.3 Å². The van der Waals surface area contributed by atoms with Crippen LogP contribution < -0.4 is 9.80 Å². The van der Waals surface area contributed by atoms with Crippen LogP contribution in [0, 0.1) is 0 Å². The number of hydrogen-bond donors (Lipinski definition) is 0. The van der Waals surface area contributed by atoms with Crippen LogP contribution in [0.3, 0.4) is 0 Å². The first-order valence-electron chi connectivity index (χ1n) is 7.61. The molecule has 2 aromatic rings. The highest BCUT2D eigenvalue weighted by Crippen LogP contribution is 2.28. The molecule has 122 valence electrons. The molecule has 0 N–H and O–H groups in total. The summed E-state index contributed by atoms with van der Waals surface area (Å²) in [6.45, 7) is 0.790. The lowest BCUT2D eigenvalue weighted by Gasteiger charge is -2.16. The molecule has 0 atom stereocenters. The fourth-order valence-corrected chi connectivity index (χ4v) is 3.29. The minimum absolute atomic E-state index is 0.182. The molecule has 1 aromatic heterocycles. The fraction of sp³-hybridized carbons (Fsp3) is 0.438. The third-order valence-electron chi connectivity index (χ3n) is 3.73. The molecule has 0 spiro atoms. The lowest BCUT2D eigenvalue weighted by Crippen LogP contribution is -2.29. The number of thioether (sulfide) groups is 1. The highest BCUT2D eigenvalue weighted by atomic mass is 32.2. The SMILES string of the molecule is CN(C)c1noc(CSCCC(=O)N2CCc3ccccc32)n1. The zero-order chi connectivity index (χ0) is 16.2. The minimum atomic E-state index is 0.182. The van der Waals surface area contributed by atoms with Crippen LogP contribution in [-0.2, 0) is 17.0 Å². The Labute approximate surface area is 139 Å². The molecule has 0 saturated carbocycles. The fourth-order valence-electron chi connectivity index (χ4n) is 2.54. The first-order valence-corrected chi connectivity index (χ1v) is 8.76. The van der Waals surface area contributed by atoms with Gasteiger partial charge in [-0.15, -0.1) is 0 Å². The van der Waals surface area contributed by atoms with E-state index >= 15 is 0 Å². The van der Waals surface area contributed by atoms with Gasteiger partial charge in [-0.3, -0.25) is 4.79 Å². The van der Waals surface area contributed by atoms with Crippen molar-refractivity contribution in [2.75, 3.05) is 36.2 Å². The van der Waals surface area contributed by atoms with Gasteiger partial charge in [0.25, 0.3) is 5.95 Å². The van der Waals surface area contributed by atoms with Gasteiger partial charge in [0.2, 0.25) is 11.8 Å². The summed E-state index contributed by atoms with van der Waals surface area (Å²) in [6, 6.07) is 8.12. The number of nitrogens with zero attached hydrogens (tertiary/aromatic N) is 4. The lowest BCUT2D eigenvalue weighted by molar-refractivity contribution is -0.118. The number of aromatic nitrogens is 2. The van der Waals surface area contributed by atoms with Crippen LogP contribution in [0.2, 0.25) is 0 Å². The molecule has 23 heavy (non-hydrogen) atoms. The highest BCUT2D eigenvalue weighted by Gasteiger charge is 2.23. The molecule has 0 saturated heterocycles. The zero-order valence-corrected chi connectivity index (χ0v) is 14.2. The summed E-state index contributed by atoms with van der Waals surface area (Å²) < 4.78 is 5.16. The molecular weight excluding hydrogens is 312 g/mol. The Morgan fingerprint density at radius 3 is 3.00 bits per heavy atom. The third kappa shape index (κ3) is 3.67. The highest BCUT2D eigenvalue weighted by molar-refractivity contribution is 7.98. The monoisotopic (exact) mass is 332 g/mol. The molecule has 1 amide bonds. The van der Waals surface area contributed by atoms with Gasteiger partial charge in [-0.1, -0.05) is 18.2 Å². The van der Waals surface area contributed by atoms with E-state index in [1.807, 2.05) is 37.2 Å². The van der Waals surface area contributed by atoms with Crippen molar-refractivity contribution in [3.8, 4) is 0 Å². The van der Waals surface area contributed by atoms with E-state index in [0.717, 1.165) is 24.4 Å². The molecule has 0 fully saturated rings. The van der Waals surface area contributed by atoms with Crippen molar-refractivity contribution in [2.45, 2.75) is 18.6 Å². The van der Waals surface area contributed by atoms with Crippen molar-refractivity contribution in [3.05, 3.63) is 35.7 Å². The predicted octanol–water partition coefficient (Wildman–Crippen LogP) is 2.35. The van der Waals surface area contributed by atoms with Crippen LogP contribution >= 0.6 is 11.8 Å². The maximum absolute atomic E-state index is 12.4. The third-order valence-corrected chi connectivity index (χ3v) is 4.68. The second-order valence-corrected chi connectivity index (χ2v) is 6.71. The van der Waals surface area contributed by atoms with Gasteiger partial charge >= 0.3 is 0 Å². The summed E-state index contributed by atoms with van der Waals surface area (Å²) in [5.41, 5.74) is 2.32. The molecule has 0 aliphatic carbocycles. The van der Waals surface area contributed by atoms with Crippen LogP contribution in [0.1, 0.15) is 17.9 Å². The van der Waals surface area contributed by atoms with Crippen molar-refractivity contribution in [2.24, 2.45) is 0 Å². The number of rotatable bonds is 6. The van der Waals surface area contributed by atoms with Gasteiger partial charge < -0.3 is 14.3 Å². The molecule has 7 heteroatoms.